The van der Waals surface area contributed by atoms with Gasteiger partial charge in [0.2, 0.25) is 0 Å². The van der Waals surface area contributed by atoms with Crippen molar-refractivity contribution in [2.24, 2.45) is 12.0 Å². The Kier molecular flexibility index (Phi) is 6.28. The number of ether oxygens (including phenoxy) is 2. The molecule has 1 aliphatic rings. The number of hydrogen-bond acceptors (Lipinski definition) is 4. The summed E-state index contributed by atoms with van der Waals surface area (Å²) in [7, 11) is 3.66. The first-order valence-electron chi connectivity index (χ1n) is 9.03. The summed E-state index contributed by atoms with van der Waals surface area (Å²) in [6, 6.07) is 6.03. The van der Waals surface area contributed by atoms with E-state index in [9.17, 15) is 4.39 Å². The van der Waals surface area contributed by atoms with Crippen LogP contribution in [-0.4, -0.2) is 60.0 Å². The Morgan fingerprint density at radius 1 is 1.44 bits per heavy atom. The maximum Gasteiger partial charge on any atom is 0.193 e. The van der Waals surface area contributed by atoms with Crippen molar-refractivity contribution >= 4 is 5.96 Å². The minimum atomic E-state index is -0.274. The standard InChI is InChI=1S/C19H26FN5O2/c1-14(27-17-6-4-16(20)5-7-17)10-22-19(21-2)25-8-9-26-18(13-25)15-11-23-24(3)12-15/h4-7,11-12,14,18H,8-10,13H2,1-3H3,(H,21,22). The molecule has 27 heavy (non-hydrogen) atoms. The van der Waals surface area contributed by atoms with Gasteiger partial charge in [-0.1, -0.05) is 0 Å². The fourth-order valence-electron chi connectivity index (χ4n) is 3.00. The van der Waals surface area contributed by atoms with E-state index in [1.807, 2.05) is 26.4 Å². The highest BCUT2D eigenvalue weighted by molar-refractivity contribution is 5.80. The molecule has 8 heteroatoms. The summed E-state index contributed by atoms with van der Waals surface area (Å²) in [6.07, 6.45) is 3.69. The molecule has 0 bridgehead atoms. The third-order valence-corrected chi connectivity index (χ3v) is 4.37. The summed E-state index contributed by atoms with van der Waals surface area (Å²) in [5.74, 6) is 1.18. The van der Waals surface area contributed by atoms with E-state index < -0.39 is 0 Å². The van der Waals surface area contributed by atoms with Crippen molar-refractivity contribution in [1.82, 2.24) is 20.0 Å². The zero-order valence-corrected chi connectivity index (χ0v) is 15.9. The lowest BCUT2D eigenvalue weighted by molar-refractivity contribution is -0.00814. The quantitative estimate of drug-likeness (QED) is 0.640. The summed E-state index contributed by atoms with van der Waals surface area (Å²) in [5, 5.41) is 7.57. The van der Waals surface area contributed by atoms with Crippen LogP contribution in [0, 0.1) is 5.82 Å². The lowest BCUT2D eigenvalue weighted by atomic mass is 10.1. The van der Waals surface area contributed by atoms with Crippen molar-refractivity contribution < 1.29 is 13.9 Å². The molecule has 1 fully saturated rings. The zero-order valence-electron chi connectivity index (χ0n) is 15.9. The molecule has 0 amide bonds. The second-order valence-electron chi connectivity index (χ2n) is 6.56. The van der Waals surface area contributed by atoms with Gasteiger partial charge in [-0.25, -0.2) is 4.39 Å². The second-order valence-corrected chi connectivity index (χ2v) is 6.56. The van der Waals surface area contributed by atoms with E-state index in [1.54, 1.807) is 23.9 Å². The minimum Gasteiger partial charge on any atom is -0.489 e. The van der Waals surface area contributed by atoms with Crippen LogP contribution in [0.3, 0.4) is 0 Å². The zero-order chi connectivity index (χ0) is 19.2. The third-order valence-electron chi connectivity index (χ3n) is 4.37. The number of halogens is 1. The maximum absolute atomic E-state index is 13.0. The van der Waals surface area contributed by atoms with Crippen molar-refractivity contribution in [2.45, 2.75) is 19.1 Å². The van der Waals surface area contributed by atoms with Crippen LogP contribution in [0.2, 0.25) is 0 Å². The average Bonchev–Trinajstić information content (AvgIpc) is 3.11. The number of aromatic nitrogens is 2. The predicted molar refractivity (Wildman–Crippen MR) is 101 cm³/mol. The first-order valence-corrected chi connectivity index (χ1v) is 9.03. The highest BCUT2D eigenvalue weighted by atomic mass is 19.1. The molecular formula is C19H26FN5O2. The Bertz CT molecular complexity index is 762. The molecule has 0 saturated carbocycles. The highest BCUT2D eigenvalue weighted by Crippen LogP contribution is 2.21. The van der Waals surface area contributed by atoms with Crippen molar-refractivity contribution in [3.8, 4) is 5.75 Å². The van der Waals surface area contributed by atoms with Crippen molar-refractivity contribution in [1.29, 1.82) is 0 Å². The van der Waals surface area contributed by atoms with Crippen molar-refractivity contribution in [3.05, 3.63) is 48.0 Å². The molecule has 7 nitrogen and oxygen atoms in total. The summed E-state index contributed by atoms with van der Waals surface area (Å²) >= 11 is 0. The Morgan fingerprint density at radius 3 is 2.89 bits per heavy atom. The molecule has 1 saturated heterocycles. The van der Waals surface area contributed by atoms with Gasteiger partial charge in [0.25, 0.3) is 0 Å². The lowest BCUT2D eigenvalue weighted by Gasteiger charge is -2.35. The molecule has 3 rings (SSSR count). The molecule has 1 aromatic carbocycles. The number of rotatable bonds is 5. The molecule has 1 aromatic heterocycles. The Labute approximate surface area is 158 Å². The van der Waals surface area contributed by atoms with Gasteiger partial charge in [-0.15, -0.1) is 0 Å². The Hall–Kier alpha value is -2.61. The molecule has 2 aromatic rings. The van der Waals surface area contributed by atoms with E-state index in [0.29, 0.717) is 25.4 Å². The third kappa shape index (κ3) is 5.19. The highest BCUT2D eigenvalue weighted by Gasteiger charge is 2.25. The normalized spacial score (nSPS) is 19.0. The molecule has 2 heterocycles. The molecule has 1 N–H and O–H groups in total. The van der Waals surface area contributed by atoms with Gasteiger partial charge >= 0.3 is 0 Å². The van der Waals surface area contributed by atoms with Crippen molar-refractivity contribution in [2.75, 3.05) is 33.3 Å². The van der Waals surface area contributed by atoms with E-state index >= 15 is 0 Å². The van der Waals surface area contributed by atoms with Gasteiger partial charge in [0.1, 0.15) is 23.8 Å². The van der Waals surface area contributed by atoms with Crippen LogP contribution in [0.1, 0.15) is 18.6 Å². The monoisotopic (exact) mass is 375 g/mol. The van der Waals surface area contributed by atoms with Gasteiger partial charge in [-0.3, -0.25) is 9.67 Å². The summed E-state index contributed by atoms with van der Waals surface area (Å²) in [6.45, 7) is 4.64. The van der Waals surface area contributed by atoms with Gasteiger partial charge in [0.05, 0.1) is 25.9 Å². The predicted octanol–water partition coefficient (Wildman–Crippen LogP) is 1.98. The van der Waals surface area contributed by atoms with Crippen molar-refractivity contribution in [3.63, 3.8) is 0 Å². The van der Waals surface area contributed by atoms with E-state index in [2.05, 4.69) is 20.3 Å². The molecule has 146 valence electrons. The summed E-state index contributed by atoms with van der Waals surface area (Å²) in [5.41, 5.74) is 1.06. The molecule has 0 radical (unpaired) electrons. The first kappa shape index (κ1) is 19.2. The average molecular weight is 375 g/mol. The molecule has 0 spiro atoms. The van der Waals surface area contributed by atoms with Crippen LogP contribution in [0.25, 0.3) is 0 Å². The molecule has 0 aliphatic carbocycles. The Morgan fingerprint density at radius 2 is 2.22 bits per heavy atom. The lowest BCUT2D eigenvalue weighted by Crippen LogP contribution is -2.49. The summed E-state index contributed by atoms with van der Waals surface area (Å²) < 4.78 is 26.4. The van der Waals surface area contributed by atoms with Crippen LogP contribution in [0.15, 0.2) is 41.7 Å². The van der Waals surface area contributed by atoms with E-state index in [0.717, 1.165) is 18.1 Å². The largest absolute Gasteiger partial charge is 0.489 e. The number of aryl methyl sites for hydroxylation is 1. The van der Waals surface area contributed by atoms with E-state index in [-0.39, 0.29) is 18.0 Å². The fourth-order valence-corrected chi connectivity index (χ4v) is 3.00. The number of hydrogen-bond donors (Lipinski definition) is 1. The first-order chi connectivity index (χ1) is 13.0. The van der Waals surface area contributed by atoms with Gasteiger partial charge in [-0.05, 0) is 31.2 Å². The van der Waals surface area contributed by atoms with Crippen LogP contribution in [0.5, 0.6) is 5.75 Å². The Balaban J connectivity index is 1.52. The SMILES string of the molecule is CN=C(NCC(C)Oc1ccc(F)cc1)N1CCOC(c2cnn(C)c2)C1. The number of benzene rings is 1. The van der Waals surface area contributed by atoms with Crippen LogP contribution >= 0.6 is 0 Å². The summed E-state index contributed by atoms with van der Waals surface area (Å²) in [4.78, 5) is 6.56. The second kappa shape index (κ2) is 8.85. The topological polar surface area (TPSA) is 63.9 Å². The van der Waals surface area contributed by atoms with Crippen LogP contribution < -0.4 is 10.1 Å². The minimum absolute atomic E-state index is 0.0288. The van der Waals surface area contributed by atoms with E-state index in [4.69, 9.17) is 9.47 Å². The van der Waals surface area contributed by atoms with Crippen LogP contribution in [-0.2, 0) is 11.8 Å². The number of nitrogens with one attached hydrogen (secondary N) is 1. The molecular weight excluding hydrogens is 349 g/mol. The molecule has 2 unspecified atom stereocenters. The molecule has 1 aliphatic heterocycles. The van der Waals surface area contributed by atoms with Gasteiger partial charge in [-0.2, -0.15) is 5.10 Å². The van der Waals surface area contributed by atoms with Gasteiger partial charge < -0.3 is 19.7 Å². The number of morpholine rings is 1. The number of nitrogens with zero attached hydrogens (tertiary/aromatic N) is 4. The van der Waals surface area contributed by atoms with Gasteiger partial charge in [0.15, 0.2) is 5.96 Å². The molecule has 2 atom stereocenters. The van der Waals surface area contributed by atoms with E-state index in [1.165, 1.54) is 12.1 Å². The van der Waals surface area contributed by atoms with Gasteiger partial charge in [0, 0.05) is 32.4 Å². The fraction of sp³-hybridized carbons (Fsp3) is 0.474. The number of aliphatic imine (C=N–C) groups is 1. The van der Waals surface area contributed by atoms with Crippen LogP contribution in [0.4, 0.5) is 4.39 Å². The maximum atomic E-state index is 13.0. The smallest absolute Gasteiger partial charge is 0.193 e. The number of guanidine groups is 1.